The van der Waals surface area contributed by atoms with Crippen molar-refractivity contribution in [3.05, 3.63) is 12.2 Å². The number of aliphatic hydroxyl groups excluding tert-OH is 5. The molecule has 326 valence electrons. The number of aliphatic hydroxyl groups is 5. The van der Waals surface area contributed by atoms with E-state index in [1.807, 2.05) is 6.08 Å². The molecule has 9 nitrogen and oxygen atoms in total. The van der Waals surface area contributed by atoms with Gasteiger partial charge in [-0.1, -0.05) is 206 Å². The fraction of sp³-hybridized carbons (Fsp3) is 0.935. The lowest BCUT2D eigenvalue weighted by atomic mass is 9.99. The third kappa shape index (κ3) is 28.1. The van der Waals surface area contributed by atoms with Crippen molar-refractivity contribution in [3.63, 3.8) is 0 Å². The van der Waals surface area contributed by atoms with Gasteiger partial charge in [0.1, 0.15) is 24.4 Å². The van der Waals surface area contributed by atoms with Crippen LogP contribution < -0.4 is 5.32 Å². The lowest BCUT2D eigenvalue weighted by molar-refractivity contribution is -0.302. The summed E-state index contributed by atoms with van der Waals surface area (Å²) in [7, 11) is 0. The third-order valence-electron chi connectivity index (χ3n) is 11.4. The Labute approximate surface area is 337 Å². The second-order valence-corrected chi connectivity index (χ2v) is 16.6. The summed E-state index contributed by atoms with van der Waals surface area (Å²) >= 11 is 0. The first kappa shape index (κ1) is 51.9. The monoisotopic (exact) mass is 784 g/mol. The molecule has 6 N–H and O–H groups in total. The van der Waals surface area contributed by atoms with E-state index in [-0.39, 0.29) is 12.5 Å². The number of carbonyl (C=O) groups is 1. The molecular formula is C46H89NO8. The number of ether oxygens (including phenoxy) is 2. The van der Waals surface area contributed by atoms with Crippen molar-refractivity contribution in [1.82, 2.24) is 5.32 Å². The predicted octanol–water partition coefficient (Wildman–Crippen LogP) is 9.73. The van der Waals surface area contributed by atoms with Crippen molar-refractivity contribution in [2.75, 3.05) is 13.2 Å². The molecule has 0 aromatic heterocycles. The topological polar surface area (TPSA) is 149 Å². The number of hydrogen-bond acceptors (Lipinski definition) is 8. The van der Waals surface area contributed by atoms with E-state index in [9.17, 15) is 30.3 Å². The van der Waals surface area contributed by atoms with Crippen molar-refractivity contribution in [2.24, 2.45) is 0 Å². The van der Waals surface area contributed by atoms with Gasteiger partial charge in [0.25, 0.3) is 0 Å². The third-order valence-corrected chi connectivity index (χ3v) is 11.4. The number of hydrogen-bond donors (Lipinski definition) is 6. The molecule has 1 amide bonds. The smallest absolute Gasteiger partial charge is 0.220 e. The maximum Gasteiger partial charge on any atom is 0.220 e. The first-order valence-electron chi connectivity index (χ1n) is 23.4. The second-order valence-electron chi connectivity index (χ2n) is 16.6. The van der Waals surface area contributed by atoms with Crippen LogP contribution in [0.25, 0.3) is 0 Å². The Bertz CT molecular complexity index is 873. The summed E-state index contributed by atoms with van der Waals surface area (Å²) in [5.41, 5.74) is 0. The largest absolute Gasteiger partial charge is 0.394 e. The minimum atomic E-state index is -1.56. The Balaban J connectivity index is 2.24. The van der Waals surface area contributed by atoms with Gasteiger partial charge in [-0.05, 0) is 19.3 Å². The standard InChI is InChI=1S/C46H89NO8/c1-3-5-7-9-11-13-15-16-17-18-19-20-21-22-23-24-25-26-28-30-32-34-36-42(50)47-39(38-54-46-45(53)44(52)43(51)41(37-48)55-46)40(49)35-33-31-29-27-14-12-10-8-6-4-2/h33,35,39-41,43-46,48-49,51-53H,3-32,34,36-38H2,1-2H3,(H,47,50)/b35-33+/t39-,40+,41+,43-,44?,45?,46+/m0/s1. The van der Waals surface area contributed by atoms with E-state index in [0.717, 1.165) is 38.5 Å². The average molecular weight is 784 g/mol. The fourth-order valence-electron chi connectivity index (χ4n) is 7.57. The van der Waals surface area contributed by atoms with E-state index >= 15 is 0 Å². The number of nitrogens with one attached hydrogen (secondary N) is 1. The molecule has 55 heavy (non-hydrogen) atoms. The Morgan fingerprint density at radius 3 is 1.42 bits per heavy atom. The Hall–Kier alpha value is -1.07. The second kappa shape index (κ2) is 37.2. The van der Waals surface area contributed by atoms with E-state index < -0.39 is 49.5 Å². The molecule has 0 bridgehead atoms. The number of amides is 1. The van der Waals surface area contributed by atoms with E-state index in [2.05, 4.69) is 19.2 Å². The highest BCUT2D eigenvalue weighted by Crippen LogP contribution is 2.23. The van der Waals surface area contributed by atoms with Crippen LogP contribution in [0.15, 0.2) is 12.2 Å². The molecule has 1 rings (SSSR count). The number of unbranched alkanes of at least 4 members (excludes halogenated alkanes) is 29. The van der Waals surface area contributed by atoms with Gasteiger partial charge in [-0.15, -0.1) is 0 Å². The summed E-state index contributed by atoms with van der Waals surface area (Å²) in [6.45, 7) is 3.76. The molecule has 0 aromatic carbocycles. The molecule has 0 aromatic rings. The molecule has 1 saturated heterocycles. The van der Waals surface area contributed by atoms with Gasteiger partial charge in [0.15, 0.2) is 6.29 Å². The average Bonchev–Trinajstić information content (AvgIpc) is 3.18. The van der Waals surface area contributed by atoms with Crippen molar-refractivity contribution in [1.29, 1.82) is 0 Å². The zero-order chi connectivity index (χ0) is 40.2. The van der Waals surface area contributed by atoms with Gasteiger partial charge in [-0.25, -0.2) is 0 Å². The van der Waals surface area contributed by atoms with Crippen LogP contribution >= 0.6 is 0 Å². The van der Waals surface area contributed by atoms with Crippen LogP contribution in [0.2, 0.25) is 0 Å². The predicted molar refractivity (Wildman–Crippen MR) is 226 cm³/mol. The van der Waals surface area contributed by atoms with Crippen LogP contribution in [0.3, 0.4) is 0 Å². The lowest BCUT2D eigenvalue weighted by Gasteiger charge is -2.40. The maximum absolute atomic E-state index is 12.9. The van der Waals surface area contributed by atoms with Gasteiger partial charge in [-0.3, -0.25) is 4.79 Å². The van der Waals surface area contributed by atoms with E-state index in [4.69, 9.17) is 9.47 Å². The van der Waals surface area contributed by atoms with Crippen molar-refractivity contribution in [3.8, 4) is 0 Å². The van der Waals surface area contributed by atoms with Crippen molar-refractivity contribution >= 4 is 5.91 Å². The summed E-state index contributed by atoms with van der Waals surface area (Å²) in [6, 6.07) is -0.797. The molecule has 7 atom stereocenters. The Morgan fingerprint density at radius 2 is 1.00 bits per heavy atom. The van der Waals surface area contributed by atoms with Crippen molar-refractivity contribution in [2.45, 2.75) is 262 Å². The zero-order valence-electron chi connectivity index (χ0n) is 35.7. The molecule has 0 radical (unpaired) electrons. The highest BCUT2D eigenvalue weighted by Gasteiger charge is 2.44. The quantitative estimate of drug-likeness (QED) is 0.0267. The van der Waals surface area contributed by atoms with Crippen molar-refractivity contribution < 1.29 is 39.8 Å². The van der Waals surface area contributed by atoms with E-state index in [1.165, 1.54) is 161 Å². The van der Waals surface area contributed by atoms with Gasteiger partial charge < -0.3 is 40.3 Å². The SMILES string of the molecule is CCCCCCCCCC/C=C/[C@@H](O)[C@H](CO[C@@H]1O[C@H](CO)[C@H](O)C(O)C1O)NC(=O)CCCCCCCCCCCCCCCCCCCCCCCC. The molecule has 0 aliphatic carbocycles. The van der Waals surface area contributed by atoms with Crippen LogP contribution in [-0.4, -0.2) is 87.5 Å². The molecule has 1 aliphatic heterocycles. The summed E-state index contributed by atoms with van der Waals surface area (Å²) in [4.78, 5) is 12.9. The van der Waals surface area contributed by atoms with Gasteiger partial charge in [0.2, 0.25) is 5.91 Å². The Kier molecular flexibility index (Phi) is 35.2. The van der Waals surface area contributed by atoms with Gasteiger partial charge in [0.05, 0.1) is 25.4 Å². The first-order chi connectivity index (χ1) is 26.8. The van der Waals surface area contributed by atoms with Crippen LogP contribution in [0.5, 0.6) is 0 Å². The van der Waals surface area contributed by atoms with E-state index in [1.54, 1.807) is 6.08 Å². The summed E-state index contributed by atoms with van der Waals surface area (Å²) in [5.74, 6) is -0.175. The number of allylic oxidation sites excluding steroid dienone is 1. The summed E-state index contributed by atoms with van der Waals surface area (Å²) in [5, 5.41) is 54.1. The number of rotatable bonds is 39. The first-order valence-corrected chi connectivity index (χ1v) is 23.4. The fourth-order valence-corrected chi connectivity index (χ4v) is 7.57. The molecular weight excluding hydrogens is 695 g/mol. The zero-order valence-corrected chi connectivity index (χ0v) is 35.7. The van der Waals surface area contributed by atoms with E-state index in [0.29, 0.717) is 6.42 Å². The number of carbonyl (C=O) groups excluding carboxylic acids is 1. The van der Waals surface area contributed by atoms with Gasteiger partial charge in [0, 0.05) is 6.42 Å². The van der Waals surface area contributed by atoms with Crippen LogP contribution in [-0.2, 0) is 14.3 Å². The summed E-state index contributed by atoms with van der Waals surface area (Å²) in [6.07, 6.45) is 35.5. The molecule has 1 heterocycles. The van der Waals surface area contributed by atoms with Crippen LogP contribution in [0.4, 0.5) is 0 Å². The molecule has 0 spiro atoms. The minimum absolute atomic E-state index is 0.175. The van der Waals surface area contributed by atoms with Gasteiger partial charge >= 0.3 is 0 Å². The molecule has 2 unspecified atom stereocenters. The molecule has 0 saturated carbocycles. The summed E-state index contributed by atoms with van der Waals surface area (Å²) < 4.78 is 11.2. The van der Waals surface area contributed by atoms with Crippen LogP contribution in [0.1, 0.15) is 219 Å². The normalized spacial score (nSPS) is 21.3. The molecule has 1 aliphatic rings. The maximum atomic E-state index is 12.9. The lowest BCUT2D eigenvalue weighted by Crippen LogP contribution is -2.60. The van der Waals surface area contributed by atoms with Gasteiger partial charge in [-0.2, -0.15) is 0 Å². The van der Waals surface area contributed by atoms with Crippen LogP contribution in [0, 0.1) is 0 Å². The Morgan fingerprint density at radius 1 is 0.600 bits per heavy atom. The highest BCUT2D eigenvalue weighted by molar-refractivity contribution is 5.76. The molecule has 9 heteroatoms. The minimum Gasteiger partial charge on any atom is -0.394 e. The molecule has 1 fully saturated rings. The highest BCUT2D eigenvalue weighted by atomic mass is 16.7.